The van der Waals surface area contributed by atoms with Gasteiger partial charge in [0, 0.05) is 5.92 Å². The van der Waals surface area contributed by atoms with Crippen LogP contribution in [0.1, 0.15) is 34.2 Å². The van der Waals surface area contributed by atoms with Crippen molar-refractivity contribution in [1.82, 2.24) is 10.4 Å². The summed E-state index contributed by atoms with van der Waals surface area (Å²) in [6.07, 6.45) is -0.699. The third-order valence-corrected chi connectivity index (χ3v) is 6.43. The Balaban J connectivity index is 1.37. The number of carboxylic acid groups (broad SMARTS) is 1. The zero-order valence-electron chi connectivity index (χ0n) is 19.6. The first-order valence-corrected chi connectivity index (χ1v) is 11.8. The molecule has 5 rings (SSSR count). The normalized spacial score (nSPS) is 12.3. The molecule has 0 atom stereocenters. The fourth-order valence-corrected chi connectivity index (χ4v) is 4.91. The lowest BCUT2D eigenvalue weighted by atomic mass is 9.98. The molecule has 0 fully saturated rings. The lowest BCUT2D eigenvalue weighted by Gasteiger charge is -2.31. The highest BCUT2D eigenvalue weighted by atomic mass is 16.6. The first kappa shape index (κ1) is 23.3. The van der Waals surface area contributed by atoms with E-state index in [4.69, 9.17) is 4.74 Å². The highest BCUT2D eigenvalue weighted by Gasteiger charge is 2.30. The topological polar surface area (TPSA) is 78.9 Å². The lowest BCUT2D eigenvalue weighted by molar-refractivity contribution is -0.139. The van der Waals surface area contributed by atoms with Crippen LogP contribution in [0.5, 0.6) is 0 Å². The Morgan fingerprint density at radius 3 is 1.72 bits per heavy atom. The second-order valence-electron chi connectivity index (χ2n) is 8.68. The van der Waals surface area contributed by atoms with Crippen LogP contribution < -0.4 is 5.43 Å². The number of hydrogen-bond acceptors (Lipinski definition) is 4. The number of carbonyl (C=O) groups excluding carboxylic acids is 1. The van der Waals surface area contributed by atoms with Crippen LogP contribution in [-0.4, -0.2) is 35.3 Å². The van der Waals surface area contributed by atoms with Gasteiger partial charge in [0.25, 0.3) is 0 Å². The van der Waals surface area contributed by atoms with Gasteiger partial charge in [0.1, 0.15) is 13.2 Å². The standard InChI is InChI=1S/C30H26N2O4/c33-28(34)19-32(29(21-11-3-1-4-12-21)22-13-5-2-6-14-22)31-30(35)36-20-27-25-17-9-7-15-23(25)24-16-8-10-18-26(24)27/h1-18,27,29H,19-20H2,(H,31,35)(H,33,34). The van der Waals surface area contributed by atoms with Gasteiger partial charge in [-0.25, -0.2) is 4.79 Å². The van der Waals surface area contributed by atoms with Crippen LogP contribution in [0.25, 0.3) is 11.1 Å². The van der Waals surface area contributed by atoms with Crippen LogP contribution in [0.3, 0.4) is 0 Å². The van der Waals surface area contributed by atoms with Gasteiger partial charge in [-0.1, -0.05) is 109 Å². The molecule has 1 aliphatic carbocycles. The minimum atomic E-state index is -1.06. The quantitative estimate of drug-likeness (QED) is 0.322. The molecule has 4 aromatic carbocycles. The molecule has 0 heterocycles. The number of rotatable bonds is 8. The fourth-order valence-electron chi connectivity index (χ4n) is 4.91. The zero-order valence-corrected chi connectivity index (χ0v) is 19.6. The van der Waals surface area contributed by atoms with E-state index in [0.29, 0.717) is 0 Å². The molecule has 0 saturated heterocycles. The van der Waals surface area contributed by atoms with Crippen molar-refractivity contribution in [3.63, 3.8) is 0 Å². The van der Waals surface area contributed by atoms with Crippen LogP contribution in [0.15, 0.2) is 109 Å². The van der Waals surface area contributed by atoms with E-state index in [2.05, 4.69) is 29.7 Å². The van der Waals surface area contributed by atoms with Gasteiger partial charge in [0.05, 0.1) is 6.04 Å². The summed E-state index contributed by atoms with van der Waals surface area (Å²) in [5.41, 5.74) is 8.92. The van der Waals surface area contributed by atoms with Crippen molar-refractivity contribution in [2.75, 3.05) is 13.2 Å². The molecule has 6 heteroatoms. The molecule has 36 heavy (non-hydrogen) atoms. The van der Waals surface area contributed by atoms with Crippen molar-refractivity contribution in [2.24, 2.45) is 0 Å². The van der Waals surface area contributed by atoms with E-state index in [-0.39, 0.29) is 12.5 Å². The Hall–Kier alpha value is -4.42. The van der Waals surface area contributed by atoms with Crippen molar-refractivity contribution in [2.45, 2.75) is 12.0 Å². The van der Waals surface area contributed by atoms with Crippen LogP contribution in [0, 0.1) is 0 Å². The van der Waals surface area contributed by atoms with E-state index >= 15 is 0 Å². The second-order valence-corrected chi connectivity index (χ2v) is 8.68. The third kappa shape index (κ3) is 4.85. The molecule has 0 unspecified atom stereocenters. The summed E-state index contributed by atoms with van der Waals surface area (Å²) >= 11 is 0. The molecule has 0 aliphatic heterocycles. The largest absolute Gasteiger partial charge is 0.480 e. The monoisotopic (exact) mass is 478 g/mol. The molecular formula is C30H26N2O4. The molecule has 0 saturated carbocycles. The SMILES string of the molecule is O=C(O)CN(NC(=O)OCC1c2ccccc2-c2ccccc21)C(c1ccccc1)c1ccccc1. The smallest absolute Gasteiger partial charge is 0.421 e. The molecule has 0 aromatic heterocycles. The number of carboxylic acids is 1. The van der Waals surface area contributed by atoms with Gasteiger partial charge >= 0.3 is 12.1 Å². The van der Waals surface area contributed by atoms with Crippen LogP contribution in [0.2, 0.25) is 0 Å². The highest BCUT2D eigenvalue weighted by Crippen LogP contribution is 2.44. The van der Waals surface area contributed by atoms with Crippen molar-refractivity contribution in [1.29, 1.82) is 0 Å². The lowest BCUT2D eigenvalue weighted by Crippen LogP contribution is -2.47. The predicted octanol–water partition coefficient (Wildman–Crippen LogP) is 5.62. The average Bonchev–Trinajstić information content (AvgIpc) is 3.22. The predicted molar refractivity (Wildman–Crippen MR) is 137 cm³/mol. The summed E-state index contributed by atoms with van der Waals surface area (Å²) in [4.78, 5) is 24.8. The maximum Gasteiger partial charge on any atom is 0.421 e. The van der Waals surface area contributed by atoms with E-state index in [1.165, 1.54) is 5.01 Å². The summed E-state index contributed by atoms with van der Waals surface area (Å²) in [6.45, 7) is -0.263. The van der Waals surface area contributed by atoms with Crippen molar-refractivity contribution >= 4 is 12.1 Å². The van der Waals surface area contributed by atoms with Crippen LogP contribution in [-0.2, 0) is 9.53 Å². The fraction of sp³-hybridized carbons (Fsp3) is 0.133. The molecule has 2 N–H and O–H groups in total. The number of fused-ring (bicyclic) bond motifs is 3. The number of hydrazine groups is 1. The Kier molecular flexibility index (Phi) is 6.78. The maximum atomic E-state index is 13.0. The van der Waals surface area contributed by atoms with Gasteiger partial charge in [-0.05, 0) is 33.4 Å². The summed E-state index contributed by atoms with van der Waals surface area (Å²) in [5, 5.41) is 11.0. The van der Waals surface area contributed by atoms with Crippen LogP contribution in [0.4, 0.5) is 4.79 Å². The minimum Gasteiger partial charge on any atom is -0.480 e. The molecule has 6 nitrogen and oxygen atoms in total. The van der Waals surface area contributed by atoms with E-state index in [9.17, 15) is 14.7 Å². The van der Waals surface area contributed by atoms with Gasteiger partial charge in [-0.3, -0.25) is 10.2 Å². The molecule has 0 bridgehead atoms. The molecule has 4 aromatic rings. The number of aliphatic carboxylic acids is 1. The maximum absolute atomic E-state index is 13.0. The van der Waals surface area contributed by atoms with E-state index in [1.54, 1.807) is 0 Å². The third-order valence-electron chi connectivity index (χ3n) is 6.43. The molecule has 0 radical (unpaired) electrons. The Morgan fingerprint density at radius 1 is 0.750 bits per heavy atom. The Bertz CT molecular complexity index is 1270. The van der Waals surface area contributed by atoms with Gasteiger partial charge in [-0.2, -0.15) is 5.01 Å². The molecule has 1 amide bonds. The summed E-state index contributed by atoms with van der Waals surface area (Å²) in [7, 11) is 0. The van der Waals surface area contributed by atoms with Gasteiger partial charge in [0.2, 0.25) is 0 Å². The molecule has 0 spiro atoms. The minimum absolute atomic E-state index is 0.0879. The first-order valence-electron chi connectivity index (χ1n) is 11.8. The summed E-state index contributed by atoms with van der Waals surface area (Å²) < 4.78 is 5.69. The van der Waals surface area contributed by atoms with Crippen molar-refractivity contribution < 1.29 is 19.4 Å². The van der Waals surface area contributed by atoms with Gasteiger partial charge < -0.3 is 9.84 Å². The number of nitrogens with zero attached hydrogens (tertiary/aromatic N) is 1. The molecule has 1 aliphatic rings. The summed E-state index contributed by atoms with van der Waals surface area (Å²) in [6, 6.07) is 34.7. The number of carbonyl (C=O) groups is 2. The number of amides is 1. The van der Waals surface area contributed by atoms with Gasteiger partial charge in [0.15, 0.2) is 0 Å². The Labute approximate surface area is 209 Å². The molecular weight excluding hydrogens is 452 g/mol. The van der Waals surface area contributed by atoms with E-state index in [1.807, 2.05) is 84.9 Å². The van der Waals surface area contributed by atoms with Crippen molar-refractivity contribution in [3.8, 4) is 11.1 Å². The number of nitrogens with one attached hydrogen (secondary N) is 1. The van der Waals surface area contributed by atoms with E-state index in [0.717, 1.165) is 33.4 Å². The summed E-state index contributed by atoms with van der Waals surface area (Å²) in [5.74, 6) is -1.15. The van der Waals surface area contributed by atoms with Gasteiger partial charge in [-0.15, -0.1) is 0 Å². The van der Waals surface area contributed by atoms with Crippen LogP contribution >= 0.6 is 0 Å². The first-order chi connectivity index (χ1) is 17.6. The molecule has 180 valence electrons. The van der Waals surface area contributed by atoms with E-state index < -0.39 is 24.6 Å². The zero-order chi connectivity index (χ0) is 24.9. The second kappa shape index (κ2) is 10.5. The Morgan fingerprint density at radius 2 is 1.22 bits per heavy atom. The number of ether oxygens (including phenoxy) is 1. The van der Waals surface area contributed by atoms with Crippen molar-refractivity contribution in [3.05, 3.63) is 131 Å². The number of hydrogen-bond donors (Lipinski definition) is 2. The average molecular weight is 479 g/mol. The highest BCUT2D eigenvalue weighted by molar-refractivity contribution is 5.79. The number of benzene rings is 4.